The highest BCUT2D eigenvalue weighted by molar-refractivity contribution is 6.31. The van der Waals surface area contributed by atoms with Crippen molar-refractivity contribution in [3.05, 3.63) is 47.0 Å². The Morgan fingerprint density at radius 1 is 1.08 bits per heavy atom. The van der Waals surface area contributed by atoms with Gasteiger partial charge >= 0.3 is 6.03 Å². The predicted molar refractivity (Wildman–Crippen MR) is 98.3 cm³/mol. The minimum atomic E-state index is -0.358. The fourth-order valence-electron chi connectivity index (χ4n) is 2.16. The summed E-state index contributed by atoms with van der Waals surface area (Å²) in [6.07, 6.45) is 0. The summed E-state index contributed by atoms with van der Waals surface area (Å²) in [7, 11) is 3.10. The Balaban J connectivity index is 1.84. The number of para-hydroxylation sites is 2. The maximum atomic E-state index is 12.0. The molecular weight excluding hydrogens is 344 g/mol. The van der Waals surface area contributed by atoms with Crippen molar-refractivity contribution in [3.8, 4) is 17.2 Å². The number of halogens is 1. The van der Waals surface area contributed by atoms with Crippen molar-refractivity contribution < 1.29 is 19.0 Å². The van der Waals surface area contributed by atoms with E-state index in [9.17, 15) is 4.79 Å². The second kappa shape index (κ2) is 9.03. The van der Waals surface area contributed by atoms with E-state index in [2.05, 4.69) is 10.6 Å². The van der Waals surface area contributed by atoms with Crippen LogP contribution in [-0.4, -0.2) is 33.4 Å². The summed E-state index contributed by atoms with van der Waals surface area (Å²) < 4.78 is 16.0. The van der Waals surface area contributed by atoms with Crippen molar-refractivity contribution in [2.45, 2.75) is 6.92 Å². The van der Waals surface area contributed by atoms with Crippen LogP contribution in [0.25, 0.3) is 0 Å². The monoisotopic (exact) mass is 364 g/mol. The second-order valence-corrected chi connectivity index (χ2v) is 5.59. The number of carbonyl (C=O) groups is 1. The average molecular weight is 365 g/mol. The number of urea groups is 1. The fourth-order valence-corrected chi connectivity index (χ4v) is 2.31. The highest BCUT2D eigenvalue weighted by Crippen LogP contribution is 2.30. The molecule has 6 nitrogen and oxygen atoms in total. The van der Waals surface area contributed by atoms with Gasteiger partial charge in [-0.3, -0.25) is 0 Å². The number of hydrogen-bond donors (Lipinski definition) is 2. The average Bonchev–Trinajstić information content (AvgIpc) is 2.62. The summed E-state index contributed by atoms with van der Waals surface area (Å²) in [5.74, 6) is 1.77. The molecule has 134 valence electrons. The van der Waals surface area contributed by atoms with Crippen LogP contribution >= 0.6 is 11.6 Å². The lowest BCUT2D eigenvalue weighted by atomic mass is 10.2. The Kier molecular flexibility index (Phi) is 6.77. The van der Waals surface area contributed by atoms with Crippen LogP contribution in [0.5, 0.6) is 17.2 Å². The van der Waals surface area contributed by atoms with E-state index in [-0.39, 0.29) is 6.03 Å². The number of nitrogens with one attached hydrogen (secondary N) is 2. The first-order chi connectivity index (χ1) is 12.0. The van der Waals surface area contributed by atoms with Gasteiger partial charge in [0.15, 0.2) is 11.5 Å². The van der Waals surface area contributed by atoms with Crippen LogP contribution in [0.1, 0.15) is 5.56 Å². The third-order valence-electron chi connectivity index (χ3n) is 3.44. The van der Waals surface area contributed by atoms with Crippen molar-refractivity contribution in [1.29, 1.82) is 0 Å². The molecule has 0 aliphatic heterocycles. The van der Waals surface area contributed by atoms with Crippen molar-refractivity contribution in [1.82, 2.24) is 5.32 Å². The molecule has 0 aromatic heterocycles. The molecule has 0 atom stereocenters. The molecule has 0 spiro atoms. The number of aryl methyl sites for hydroxylation is 1. The zero-order chi connectivity index (χ0) is 18.2. The van der Waals surface area contributed by atoms with E-state index in [1.54, 1.807) is 25.3 Å². The van der Waals surface area contributed by atoms with E-state index < -0.39 is 0 Å². The van der Waals surface area contributed by atoms with Gasteiger partial charge in [-0.25, -0.2) is 4.79 Å². The first-order valence-electron chi connectivity index (χ1n) is 7.70. The SMILES string of the molecule is COc1cc(Cl)c(C)cc1NC(=O)NCCOc1ccccc1OC. The molecule has 0 saturated heterocycles. The van der Waals surface area contributed by atoms with E-state index in [1.807, 2.05) is 25.1 Å². The van der Waals surface area contributed by atoms with Gasteiger partial charge in [0.25, 0.3) is 0 Å². The molecule has 0 heterocycles. The molecule has 0 bridgehead atoms. The van der Waals surface area contributed by atoms with Crippen LogP contribution in [-0.2, 0) is 0 Å². The molecule has 0 fully saturated rings. The normalized spacial score (nSPS) is 10.1. The molecule has 7 heteroatoms. The van der Waals surface area contributed by atoms with Gasteiger partial charge in [0.05, 0.1) is 26.5 Å². The minimum absolute atomic E-state index is 0.310. The summed E-state index contributed by atoms with van der Waals surface area (Å²) in [5, 5.41) is 6.03. The lowest BCUT2D eigenvalue weighted by molar-refractivity contribution is 0.246. The van der Waals surface area contributed by atoms with E-state index in [1.165, 1.54) is 7.11 Å². The van der Waals surface area contributed by atoms with Crippen LogP contribution < -0.4 is 24.8 Å². The summed E-state index contributed by atoms with van der Waals surface area (Å²) in [6.45, 7) is 2.50. The molecule has 2 amide bonds. The van der Waals surface area contributed by atoms with Gasteiger partial charge in [-0.15, -0.1) is 0 Å². The Labute approximate surface area is 152 Å². The molecule has 0 saturated carbocycles. The number of ether oxygens (including phenoxy) is 3. The van der Waals surface area contributed by atoms with Crippen molar-refractivity contribution >= 4 is 23.3 Å². The highest BCUT2D eigenvalue weighted by atomic mass is 35.5. The van der Waals surface area contributed by atoms with Gasteiger partial charge in [-0.2, -0.15) is 0 Å². The summed E-state index contributed by atoms with van der Waals surface area (Å²) in [5.41, 5.74) is 1.39. The van der Waals surface area contributed by atoms with Gasteiger partial charge < -0.3 is 24.8 Å². The Hall–Kier alpha value is -2.60. The van der Waals surface area contributed by atoms with Crippen LogP contribution in [0.15, 0.2) is 36.4 Å². The lowest BCUT2D eigenvalue weighted by Crippen LogP contribution is -2.32. The Bertz CT molecular complexity index is 737. The zero-order valence-corrected chi connectivity index (χ0v) is 15.1. The zero-order valence-electron chi connectivity index (χ0n) is 14.4. The highest BCUT2D eigenvalue weighted by Gasteiger charge is 2.10. The van der Waals surface area contributed by atoms with E-state index in [4.69, 9.17) is 25.8 Å². The molecule has 2 aromatic rings. The molecular formula is C18H21ClN2O4. The molecule has 25 heavy (non-hydrogen) atoms. The number of benzene rings is 2. The number of methoxy groups -OCH3 is 2. The number of carbonyl (C=O) groups excluding carboxylic acids is 1. The van der Waals surface area contributed by atoms with Gasteiger partial charge in [0.2, 0.25) is 0 Å². The van der Waals surface area contributed by atoms with Gasteiger partial charge in [0, 0.05) is 11.1 Å². The molecule has 2 aromatic carbocycles. The summed E-state index contributed by atoms with van der Waals surface area (Å²) in [4.78, 5) is 12.0. The molecule has 0 aliphatic carbocycles. The number of anilines is 1. The quantitative estimate of drug-likeness (QED) is 0.732. The molecule has 0 aliphatic rings. The van der Waals surface area contributed by atoms with Gasteiger partial charge in [-0.1, -0.05) is 23.7 Å². The maximum Gasteiger partial charge on any atom is 0.319 e. The molecule has 2 N–H and O–H groups in total. The van der Waals surface area contributed by atoms with Gasteiger partial charge in [0.1, 0.15) is 12.4 Å². The Morgan fingerprint density at radius 3 is 2.44 bits per heavy atom. The van der Waals surface area contributed by atoms with Crippen LogP contribution in [0.2, 0.25) is 5.02 Å². The molecule has 2 rings (SSSR count). The summed E-state index contributed by atoms with van der Waals surface area (Å²) in [6, 6.07) is 10.4. The van der Waals surface area contributed by atoms with Crippen LogP contribution in [0.4, 0.5) is 10.5 Å². The Morgan fingerprint density at radius 2 is 1.76 bits per heavy atom. The maximum absolute atomic E-state index is 12.0. The number of hydrogen-bond acceptors (Lipinski definition) is 4. The van der Waals surface area contributed by atoms with Crippen LogP contribution in [0.3, 0.4) is 0 Å². The van der Waals surface area contributed by atoms with E-state index >= 15 is 0 Å². The second-order valence-electron chi connectivity index (χ2n) is 5.18. The smallest absolute Gasteiger partial charge is 0.319 e. The molecule has 0 radical (unpaired) electrons. The van der Waals surface area contributed by atoms with Crippen molar-refractivity contribution in [2.75, 3.05) is 32.7 Å². The van der Waals surface area contributed by atoms with Crippen LogP contribution in [0, 0.1) is 6.92 Å². The van der Waals surface area contributed by atoms with E-state index in [0.717, 1.165) is 5.56 Å². The third kappa shape index (κ3) is 5.19. The first-order valence-corrected chi connectivity index (χ1v) is 8.07. The van der Waals surface area contributed by atoms with Gasteiger partial charge in [-0.05, 0) is 30.7 Å². The predicted octanol–water partition coefficient (Wildman–Crippen LogP) is 3.87. The molecule has 0 unspecified atom stereocenters. The standard InChI is InChI=1S/C18H21ClN2O4/c1-12-10-14(17(24-3)11-13(12)19)21-18(22)20-8-9-25-16-7-5-4-6-15(16)23-2/h4-7,10-11H,8-9H2,1-3H3,(H2,20,21,22). The topological polar surface area (TPSA) is 68.8 Å². The third-order valence-corrected chi connectivity index (χ3v) is 3.85. The van der Waals surface area contributed by atoms with E-state index in [0.29, 0.717) is 41.1 Å². The number of rotatable bonds is 7. The van der Waals surface area contributed by atoms with Crippen molar-refractivity contribution in [3.63, 3.8) is 0 Å². The minimum Gasteiger partial charge on any atom is -0.495 e. The number of amides is 2. The lowest BCUT2D eigenvalue weighted by Gasteiger charge is -2.14. The first kappa shape index (κ1) is 18.7. The largest absolute Gasteiger partial charge is 0.495 e. The summed E-state index contributed by atoms with van der Waals surface area (Å²) >= 11 is 6.05. The fraction of sp³-hybridized carbons (Fsp3) is 0.278. The van der Waals surface area contributed by atoms with Crippen molar-refractivity contribution in [2.24, 2.45) is 0 Å².